The van der Waals surface area contributed by atoms with Crippen LogP contribution in [0.5, 0.6) is 0 Å². The second-order valence-corrected chi connectivity index (χ2v) is 10.2. The Labute approximate surface area is 157 Å². The highest BCUT2D eigenvalue weighted by molar-refractivity contribution is 7.91. The van der Waals surface area contributed by atoms with E-state index in [1.165, 1.54) is 18.4 Å². The standard InChI is InChI=1S/C20H30N2O3S/c1-16(19(23)22(2)18-10-13-26(24,25)14-18)21-15-20(11-6-7-12-20)17-8-4-3-5-9-17/h3-5,8-9,16,18,21H,6-7,10-15H2,1-2H3. The van der Waals surface area contributed by atoms with Crippen LogP contribution in [0.3, 0.4) is 0 Å². The fraction of sp³-hybridized carbons (Fsp3) is 0.650. The first-order chi connectivity index (χ1) is 12.3. The lowest BCUT2D eigenvalue weighted by atomic mass is 9.78. The predicted molar refractivity (Wildman–Crippen MR) is 104 cm³/mol. The lowest BCUT2D eigenvalue weighted by Crippen LogP contribution is -2.50. The summed E-state index contributed by atoms with van der Waals surface area (Å²) in [5, 5.41) is 3.45. The van der Waals surface area contributed by atoms with Gasteiger partial charge in [0.2, 0.25) is 5.91 Å². The van der Waals surface area contributed by atoms with Crippen molar-refractivity contribution in [2.45, 2.75) is 56.5 Å². The quantitative estimate of drug-likeness (QED) is 0.823. The van der Waals surface area contributed by atoms with Crippen molar-refractivity contribution in [2.75, 3.05) is 25.1 Å². The van der Waals surface area contributed by atoms with Gasteiger partial charge in [0.05, 0.1) is 17.5 Å². The smallest absolute Gasteiger partial charge is 0.239 e. The third-order valence-corrected chi connectivity index (χ3v) is 7.92. The van der Waals surface area contributed by atoms with Crippen LogP contribution in [0.4, 0.5) is 0 Å². The molecule has 2 aliphatic rings. The van der Waals surface area contributed by atoms with E-state index in [1.54, 1.807) is 11.9 Å². The van der Waals surface area contributed by atoms with Crippen LogP contribution in [0.25, 0.3) is 0 Å². The van der Waals surface area contributed by atoms with Crippen molar-refractivity contribution in [1.82, 2.24) is 10.2 Å². The Morgan fingerprint density at radius 2 is 1.92 bits per heavy atom. The summed E-state index contributed by atoms with van der Waals surface area (Å²) in [6.45, 7) is 2.66. The van der Waals surface area contributed by atoms with Gasteiger partial charge in [0, 0.05) is 25.0 Å². The van der Waals surface area contributed by atoms with Gasteiger partial charge >= 0.3 is 0 Å². The van der Waals surface area contributed by atoms with Crippen LogP contribution < -0.4 is 5.32 Å². The van der Waals surface area contributed by atoms with E-state index in [1.807, 2.05) is 13.0 Å². The number of rotatable bonds is 6. The van der Waals surface area contributed by atoms with Crippen LogP contribution in [-0.2, 0) is 20.0 Å². The Morgan fingerprint density at radius 3 is 2.50 bits per heavy atom. The maximum absolute atomic E-state index is 12.8. The number of hydrogen-bond donors (Lipinski definition) is 1. The Hall–Kier alpha value is -1.40. The van der Waals surface area contributed by atoms with E-state index in [2.05, 4.69) is 29.6 Å². The van der Waals surface area contributed by atoms with Crippen molar-refractivity contribution in [2.24, 2.45) is 0 Å². The molecule has 1 aromatic carbocycles. The summed E-state index contributed by atoms with van der Waals surface area (Å²) in [4.78, 5) is 14.4. The highest BCUT2D eigenvalue weighted by Gasteiger charge is 2.37. The number of nitrogens with one attached hydrogen (secondary N) is 1. The first-order valence-electron chi connectivity index (χ1n) is 9.59. The van der Waals surface area contributed by atoms with Crippen LogP contribution in [0.2, 0.25) is 0 Å². The molecule has 5 nitrogen and oxygen atoms in total. The zero-order chi connectivity index (χ0) is 18.8. The van der Waals surface area contributed by atoms with Gasteiger partial charge in [-0.1, -0.05) is 43.2 Å². The molecule has 1 amide bonds. The molecule has 0 aromatic heterocycles. The number of benzene rings is 1. The molecule has 144 valence electrons. The topological polar surface area (TPSA) is 66.5 Å². The van der Waals surface area contributed by atoms with E-state index in [0.717, 1.165) is 19.4 Å². The number of sulfone groups is 1. The van der Waals surface area contributed by atoms with Gasteiger partial charge in [-0.3, -0.25) is 4.79 Å². The highest BCUT2D eigenvalue weighted by atomic mass is 32.2. The summed E-state index contributed by atoms with van der Waals surface area (Å²) in [5.41, 5.74) is 1.45. The minimum atomic E-state index is -2.99. The molecule has 1 saturated carbocycles. The van der Waals surface area contributed by atoms with Gasteiger partial charge in [-0.2, -0.15) is 0 Å². The summed E-state index contributed by atoms with van der Waals surface area (Å²) < 4.78 is 23.4. The molecule has 1 aliphatic heterocycles. The fourth-order valence-electron chi connectivity index (χ4n) is 4.41. The maximum Gasteiger partial charge on any atom is 0.239 e. The van der Waals surface area contributed by atoms with Gasteiger partial charge in [0.1, 0.15) is 0 Å². The molecule has 1 N–H and O–H groups in total. The normalized spacial score (nSPS) is 25.1. The Balaban J connectivity index is 1.62. The summed E-state index contributed by atoms with van der Waals surface area (Å²) in [6.07, 6.45) is 5.27. The maximum atomic E-state index is 12.8. The largest absolute Gasteiger partial charge is 0.340 e. The summed E-state index contributed by atoms with van der Waals surface area (Å²) in [6, 6.07) is 10.1. The van der Waals surface area contributed by atoms with Gasteiger partial charge in [-0.25, -0.2) is 8.42 Å². The van der Waals surface area contributed by atoms with Crippen LogP contribution in [0, 0.1) is 0 Å². The van der Waals surface area contributed by atoms with E-state index >= 15 is 0 Å². The first kappa shape index (κ1) is 19.4. The van der Waals surface area contributed by atoms with E-state index < -0.39 is 9.84 Å². The molecule has 0 radical (unpaired) electrons. The summed E-state index contributed by atoms with van der Waals surface area (Å²) in [5.74, 6) is 0.262. The van der Waals surface area contributed by atoms with Crippen molar-refractivity contribution in [1.29, 1.82) is 0 Å². The van der Waals surface area contributed by atoms with Gasteiger partial charge in [0.15, 0.2) is 9.84 Å². The molecule has 1 saturated heterocycles. The second kappa shape index (κ2) is 7.69. The van der Waals surface area contributed by atoms with E-state index in [9.17, 15) is 13.2 Å². The van der Waals surface area contributed by atoms with Gasteiger partial charge in [0.25, 0.3) is 0 Å². The highest BCUT2D eigenvalue weighted by Crippen LogP contribution is 2.40. The Morgan fingerprint density at radius 1 is 1.27 bits per heavy atom. The van der Waals surface area contributed by atoms with Crippen molar-refractivity contribution in [3.8, 4) is 0 Å². The molecular formula is C20H30N2O3S. The fourth-order valence-corrected chi connectivity index (χ4v) is 6.19. The third-order valence-electron chi connectivity index (χ3n) is 6.17. The zero-order valence-corrected chi connectivity index (χ0v) is 16.6. The molecule has 2 unspecified atom stereocenters. The molecule has 1 aliphatic carbocycles. The van der Waals surface area contributed by atoms with Gasteiger partial charge < -0.3 is 10.2 Å². The number of amides is 1. The molecule has 2 atom stereocenters. The molecule has 6 heteroatoms. The minimum Gasteiger partial charge on any atom is -0.340 e. The molecule has 0 spiro atoms. The van der Waals surface area contributed by atoms with Crippen LogP contribution in [0.15, 0.2) is 30.3 Å². The lowest BCUT2D eigenvalue weighted by Gasteiger charge is -2.33. The second-order valence-electron chi connectivity index (χ2n) is 7.96. The molecule has 1 heterocycles. The number of nitrogens with zero attached hydrogens (tertiary/aromatic N) is 1. The predicted octanol–water partition coefficient (Wildman–Crippen LogP) is 2.12. The number of hydrogen-bond acceptors (Lipinski definition) is 4. The third kappa shape index (κ3) is 4.12. The van der Waals surface area contributed by atoms with E-state index in [0.29, 0.717) is 6.42 Å². The van der Waals surface area contributed by atoms with Gasteiger partial charge in [-0.15, -0.1) is 0 Å². The first-order valence-corrected chi connectivity index (χ1v) is 11.4. The average molecular weight is 379 g/mol. The van der Waals surface area contributed by atoms with Crippen LogP contribution in [0.1, 0.15) is 44.6 Å². The molecule has 2 fully saturated rings. The van der Waals surface area contributed by atoms with Crippen molar-refractivity contribution in [3.05, 3.63) is 35.9 Å². The summed E-state index contributed by atoms with van der Waals surface area (Å²) >= 11 is 0. The van der Waals surface area contributed by atoms with Crippen molar-refractivity contribution < 1.29 is 13.2 Å². The van der Waals surface area contributed by atoms with Crippen molar-refractivity contribution >= 4 is 15.7 Å². The average Bonchev–Trinajstić information content (AvgIpc) is 3.26. The monoisotopic (exact) mass is 378 g/mol. The van der Waals surface area contributed by atoms with Crippen molar-refractivity contribution in [3.63, 3.8) is 0 Å². The van der Waals surface area contributed by atoms with E-state index in [4.69, 9.17) is 0 Å². The number of likely N-dealkylation sites (N-methyl/N-ethyl adjacent to an activating group) is 1. The molecular weight excluding hydrogens is 348 g/mol. The number of carbonyl (C=O) groups is 1. The van der Waals surface area contributed by atoms with Gasteiger partial charge in [-0.05, 0) is 31.7 Å². The van der Waals surface area contributed by atoms with Crippen LogP contribution in [-0.4, -0.2) is 56.4 Å². The zero-order valence-electron chi connectivity index (χ0n) is 15.8. The molecule has 26 heavy (non-hydrogen) atoms. The molecule has 0 bridgehead atoms. The Kier molecular flexibility index (Phi) is 5.72. The molecule has 3 rings (SSSR count). The lowest BCUT2D eigenvalue weighted by molar-refractivity contribution is -0.133. The Bertz CT molecular complexity index is 727. The molecule has 1 aromatic rings. The SMILES string of the molecule is CC(NCC1(c2ccccc2)CCCC1)C(=O)N(C)C1CCS(=O)(=O)C1. The van der Waals surface area contributed by atoms with Crippen LogP contribution >= 0.6 is 0 Å². The van der Waals surface area contributed by atoms with E-state index in [-0.39, 0.29) is 34.9 Å². The minimum absolute atomic E-state index is 0.0201. The number of carbonyl (C=O) groups excluding carboxylic acids is 1. The summed E-state index contributed by atoms with van der Waals surface area (Å²) in [7, 11) is -1.25.